The molecule has 1 aromatic heterocycles. The van der Waals surface area contributed by atoms with Gasteiger partial charge in [-0.15, -0.1) is 0 Å². The Hall–Kier alpha value is -2.08. The standard InChI is InChI=1S/C14H17N3O2S/c1-9-4-5-10(2)14(13(9)15)20(18,19)17-12-6-7-16-11(3)8-12/h4-8H,15H2,1-3H3,(H,16,17). The summed E-state index contributed by atoms with van der Waals surface area (Å²) in [5.41, 5.74) is 8.76. The molecule has 0 aliphatic carbocycles. The second-order valence-corrected chi connectivity index (χ2v) is 6.35. The molecule has 0 aliphatic rings. The summed E-state index contributed by atoms with van der Waals surface area (Å²) >= 11 is 0. The van der Waals surface area contributed by atoms with Crippen LogP contribution in [0.1, 0.15) is 16.8 Å². The molecule has 0 aliphatic heterocycles. The molecule has 0 spiro atoms. The third-order valence-corrected chi connectivity index (χ3v) is 4.61. The van der Waals surface area contributed by atoms with Gasteiger partial charge in [-0.3, -0.25) is 9.71 Å². The van der Waals surface area contributed by atoms with Crippen LogP contribution in [0.4, 0.5) is 11.4 Å². The van der Waals surface area contributed by atoms with Gasteiger partial charge < -0.3 is 5.73 Å². The summed E-state index contributed by atoms with van der Waals surface area (Å²) in [5.74, 6) is 0. The normalized spacial score (nSPS) is 11.3. The lowest BCUT2D eigenvalue weighted by atomic mass is 10.1. The van der Waals surface area contributed by atoms with E-state index in [1.54, 1.807) is 51.2 Å². The summed E-state index contributed by atoms with van der Waals surface area (Å²) in [6.07, 6.45) is 1.56. The molecule has 20 heavy (non-hydrogen) atoms. The highest BCUT2D eigenvalue weighted by Crippen LogP contribution is 2.27. The predicted octanol–water partition coefficient (Wildman–Crippen LogP) is 2.39. The lowest BCUT2D eigenvalue weighted by molar-refractivity contribution is 0.601. The molecule has 0 saturated heterocycles. The third-order valence-electron chi connectivity index (χ3n) is 3.03. The van der Waals surface area contributed by atoms with Crippen molar-refractivity contribution in [3.05, 3.63) is 47.3 Å². The Bertz CT molecular complexity index is 755. The van der Waals surface area contributed by atoms with Crippen LogP contribution in [0.2, 0.25) is 0 Å². The van der Waals surface area contributed by atoms with Gasteiger partial charge in [-0.1, -0.05) is 12.1 Å². The van der Waals surface area contributed by atoms with Crippen molar-refractivity contribution in [1.29, 1.82) is 0 Å². The van der Waals surface area contributed by atoms with Crippen molar-refractivity contribution in [1.82, 2.24) is 4.98 Å². The van der Waals surface area contributed by atoms with Crippen molar-refractivity contribution in [2.45, 2.75) is 25.7 Å². The highest BCUT2D eigenvalue weighted by molar-refractivity contribution is 7.93. The summed E-state index contributed by atoms with van der Waals surface area (Å²) in [4.78, 5) is 4.16. The second-order valence-electron chi connectivity index (χ2n) is 4.73. The number of hydrogen-bond donors (Lipinski definition) is 2. The second kappa shape index (κ2) is 5.13. The fourth-order valence-electron chi connectivity index (χ4n) is 1.98. The predicted molar refractivity (Wildman–Crippen MR) is 80.1 cm³/mol. The van der Waals surface area contributed by atoms with Gasteiger partial charge in [-0.25, -0.2) is 8.42 Å². The maximum absolute atomic E-state index is 12.5. The molecular weight excluding hydrogens is 274 g/mol. The minimum atomic E-state index is -3.72. The van der Waals surface area contributed by atoms with Gasteiger partial charge in [0, 0.05) is 11.9 Å². The zero-order valence-corrected chi connectivity index (χ0v) is 12.5. The SMILES string of the molecule is Cc1cc(NS(=O)(=O)c2c(C)ccc(C)c2N)ccn1. The highest BCUT2D eigenvalue weighted by Gasteiger charge is 2.21. The van der Waals surface area contributed by atoms with E-state index < -0.39 is 10.0 Å². The quantitative estimate of drug-likeness (QED) is 0.850. The van der Waals surface area contributed by atoms with Crippen LogP contribution in [-0.2, 0) is 10.0 Å². The Kier molecular flexibility index (Phi) is 3.67. The lowest BCUT2D eigenvalue weighted by Gasteiger charge is -2.14. The molecule has 1 aromatic carbocycles. The van der Waals surface area contributed by atoms with Gasteiger partial charge in [-0.2, -0.15) is 0 Å². The molecule has 0 bridgehead atoms. The van der Waals surface area contributed by atoms with Crippen LogP contribution < -0.4 is 10.5 Å². The van der Waals surface area contributed by atoms with Crippen LogP contribution in [0.3, 0.4) is 0 Å². The van der Waals surface area contributed by atoms with E-state index in [2.05, 4.69) is 9.71 Å². The van der Waals surface area contributed by atoms with Crippen molar-refractivity contribution >= 4 is 21.4 Å². The Morgan fingerprint density at radius 1 is 1.10 bits per heavy atom. The van der Waals surface area contributed by atoms with Gasteiger partial charge in [0.05, 0.1) is 11.4 Å². The zero-order chi connectivity index (χ0) is 14.9. The molecule has 0 unspecified atom stereocenters. The fraction of sp³-hybridized carbons (Fsp3) is 0.214. The van der Waals surface area contributed by atoms with Crippen molar-refractivity contribution in [2.75, 3.05) is 10.5 Å². The molecule has 0 saturated carbocycles. The Morgan fingerprint density at radius 2 is 1.75 bits per heavy atom. The number of sulfonamides is 1. The minimum absolute atomic E-state index is 0.131. The van der Waals surface area contributed by atoms with Gasteiger partial charge in [0.15, 0.2) is 0 Å². The largest absolute Gasteiger partial charge is 0.397 e. The van der Waals surface area contributed by atoms with E-state index in [0.29, 0.717) is 11.3 Å². The van der Waals surface area contributed by atoms with Gasteiger partial charge in [0.2, 0.25) is 0 Å². The summed E-state index contributed by atoms with van der Waals surface area (Å²) in [6, 6.07) is 6.82. The van der Waals surface area contributed by atoms with Crippen molar-refractivity contribution in [2.24, 2.45) is 0 Å². The molecule has 106 valence electrons. The molecule has 0 fully saturated rings. The number of aromatic nitrogens is 1. The van der Waals surface area contributed by atoms with E-state index in [-0.39, 0.29) is 10.6 Å². The first-order chi connectivity index (χ1) is 9.31. The molecular formula is C14H17N3O2S. The van der Waals surface area contributed by atoms with Crippen molar-refractivity contribution in [3.63, 3.8) is 0 Å². The molecule has 2 aromatic rings. The van der Waals surface area contributed by atoms with E-state index in [1.165, 1.54) is 0 Å². The summed E-state index contributed by atoms with van der Waals surface area (Å²) in [7, 11) is -3.72. The Labute approximate surface area is 118 Å². The van der Waals surface area contributed by atoms with Crippen LogP contribution in [-0.4, -0.2) is 13.4 Å². The first-order valence-electron chi connectivity index (χ1n) is 6.12. The lowest BCUT2D eigenvalue weighted by Crippen LogP contribution is -2.17. The molecule has 0 atom stereocenters. The number of benzene rings is 1. The van der Waals surface area contributed by atoms with Gasteiger partial charge >= 0.3 is 0 Å². The topological polar surface area (TPSA) is 85.1 Å². The van der Waals surface area contributed by atoms with E-state index in [1.807, 2.05) is 0 Å². The average Bonchev–Trinajstić information content (AvgIpc) is 2.33. The number of nitrogen functional groups attached to an aromatic ring is 1. The molecule has 5 nitrogen and oxygen atoms in total. The number of pyridine rings is 1. The van der Waals surface area contributed by atoms with E-state index in [0.717, 1.165) is 11.3 Å². The number of rotatable bonds is 3. The van der Waals surface area contributed by atoms with Gasteiger partial charge in [0.25, 0.3) is 10.0 Å². The van der Waals surface area contributed by atoms with Crippen LogP contribution in [0.15, 0.2) is 35.4 Å². The van der Waals surface area contributed by atoms with Gasteiger partial charge in [0.1, 0.15) is 4.90 Å². The zero-order valence-electron chi connectivity index (χ0n) is 11.6. The van der Waals surface area contributed by atoms with E-state index in [9.17, 15) is 8.42 Å². The molecule has 0 amide bonds. The highest BCUT2D eigenvalue weighted by atomic mass is 32.2. The molecule has 3 N–H and O–H groups in total. The Balaban J connectivity index is 2.49. The van der Waals surface area contributed by atoms with E-state index in [4.69, 9.17) is 5.73 Å². The number of anilines is 2. The number of hydrogen-bond acceptors (Lipinski definition) is 4. The number of nitrogens with zero attached hydrogens (tertiary/aromatic N) is 1. The van der Waals surface area contributed by atoms with E-state index >= 15 is 0 Å². The smallest absolute Gasteiger partial charge is 0.264 e. The molecule has 1 heterocycles. The third kappa shape index (κ3) is 2.75. The average molecular weight is 291 g/mol. The number of aryl methyl sites for hydroxylation is 3. The minimum Gasteiger partial charge on any atom is -0.397 e. The first-order valence-corrected chi connectivity index (χ1v) is 7.61. The summed E-state index contributed by atoms with van der Waals surface area (Å²) in [5, 5.41) is 0. The number of nitrogens with two attached hydrogens (primary N) is 1. The fourth-order valence-corrected chi connectivity index (χ4v) is 3.46. The monoisotopic (exact) mass is 291 g/mol. The van der Waals surface area contributed by atoms with Crippen LogP contribution >= 0.6 is 0 Å². The van der Waals surface area contributed by atoms with Crippen LogP contribution in [0.5, 0.6) is 0 Å². The van der Waals surface area contributed by atoms with Crippen molar-refractivity contribution in [3.8, 4) is 0 Å². The molecule has 2 rings (SSSR count). The molecule has 0 radical (unpaired) electrons. The maximum atomic E-state index is 12.5. The van der Waals surface area contributed by atoms with Crippen molar-refractivity contribution < 1.29 is 8.42 Å². The number of nitrogens with one attached hydrogen (secondary N) is 1. The molecule has 6 heteroatoms. The Morgan fingerprint density at radius 3 is 2.40 bits per heavy atom. The first kappa shape index (κ1) is 14.3. The van der Waals surface area contributed by atoms with Crippen LogP contribution in [0, 0.1) is 20.8 Å². The maximum Gasteiger partial charge on any atom is 0.264 e. The van der Waals surface area contributed by atoms with Crippen LogP contribution in [0.25, 0.3) is 0 Å². The van der Waals surface area contributed by atoms with Gasteiger partial charge in [-0.05, 0) is 44.0 Å². The summed E-state index contributed by atoms with van der Waals surface area (Å²) < 4.78 is 27.5. The summed E-state index contributed by atoms with van der Waals surface area (Å²) in [6.45, 7) is 5.30.